The number of halogens is 1. The number of benzene rings is 2. The van der Waals surface area contributed by atoms with E-state index in [1.165, 1.54) is 0 Å². The lowest BCUT2D eigenvalue weighted by Gasteiger charge is -2.14. The molecular formula is C19H21BrN2O3. The summed E-state index contributed by atoms with van der Waals surface area (Å²) in [5, 5.41) is 2.73. The molecule has 0 bridgehead atoms. The molecule has 0 saturated carbocycles. The third-order valence-corrected chi connectivity index (χ3v) is 4.07. The van der Waals surface area contributed by atoms with Crippen molar-refractivity contribution >= 4 is 33.4 Å². The Balaban J connectivity index is 2.24. The molecule has 0 atom stereocenters. The van der Waals surface area contributed by atoms with E-state index >= 15 is 0 Å². The summed E-state index contributed by atoms with van der Waals surface area (Å²) in [4.78, 5) is 24.2. The van der Waals surface area contributed by atoms with Crippen LogP contribution in [0.25, 0.3) is 0 Å². The third-order valence-electron chi connectivity index (χ3n) is 3.58. The molecule has 0 aliphatic heterocycles. The van der Waals surface area contributed by atoms with Gasteiger partial charge in [0.15, 0.2) is 0 Å². The first-order chi connectivity index (χ1) is 11.9. The summed E-state index contributed by atoms with van der Waals surface area (Å²) in [7, 11) is 0. The van der Waals surface area contributed by atoms with E-state index in [1.807, 2.05) is 6.07 Å². The Morgan fingerprint density at radius 1 is 1.16 bits per heavy atom. The Labute approximate surface area is 155 Å². The number of hydrogen-bond acceptors (Lipinski definition) is 3. The Morgan fingerprint density at radius 3 is 2.56 bits per heavy atom. The zero-order valence-electron chi connectivity index (χ0n) is 14.2. The van der Waals surface area contributed by atoms with Crippen molar-refractivity contribution in [2.45, 2.75) is 20.3 Å². The lowest BCUT2D eigenvalue weighted by atomic mass is 10.1. The maximum atomic E-state index is 12.7. The van der Waals surface area contributed by atoms with Gasteiger partial charge in [0.2, 0.25) is 0 Å². The van der Waals surface area contributed by atoms with Gasteiger partial charge in [0.25, 0.3) is 11.8 Å². The van der Waals surface area contributed by atoms with Gasteiger partial charge in [-0.2, -0.15) is 0 Å². The fraction of sp³-hybridized carbons (Fsp3) is 0.263. The number of ether oxygens (including phenoxy) is 1. The summed E-state index contributed by atoms with van der Waals surface area (Å²) in [6.07, 6.45) is 0.891. The van der Waals surface area contributed by atoms with E-state index in [0.29, 0.717) is 29.5 Å². The van der Waals surface area contributed by atoms with Crippen molar-refractivity contribution in [2.24, 2.45) is 11.7 Å². The van der Waals surface area contributed by atoms with E-state index in [4.69, 9.17) is 10.5 Å². The lowest BCUT2D eigenvalue weighted by Crippen LogP contribution is -2.19. The van der Waals surface area contributed by atoms with Gasteiger partial charge in [-0.3, -0.25) is 9.59 Å². The first-order valence-corrected chi connectivity index (χ1v) is 8.80. The number of anilines is 1. The number of nitrogens with one attached hydrogen (secondary N) is 1. The van der Waals surface area contributed by atoms with Crippen LogP contribution in [0.3, 0.4) is 0 Å². The van der Waals surface area contributed by atoms with E-state index in [2.05, 4.69) is 35.1 Å². The molecule has 2 rings (SSSR count). The second-order valence-corrected chi connectivity index (χ2v) is 6.95. The highest BCUT2D eigenvalue weighted by Gasteiger charge is 2.16. The van der Waals surface area contributed by atoms with Crippen molar-refractivity contribution in [3.8, 4) is 5.75 Å². The Hall–Kier alpha value is -2.34. The molecule has 0 radical (unpaired) electrons. The minimum absolute atomic E-state index is 0.258. The molecule has 0 heterocycles. The largest absolute Gasteiger partial charge is 0.493 e. The molecule has 2 aromatic carbocycles. The number of carbonyl (C=O) groups is 2. The van der Waals surface area contributed by atoms with Crippen LogP contribution in [0, 0.1) is 5.92 Å². The molecular weight excluding hydrogens is 384 g/mol. The zero-order chi connectivity index (χ0) is 18.4. The third kappa shape index (κ3) is 5.32. The Kier molecular flexibility index (Phi) is 6.58. The maximum Gasteiger partial charge on any atom is 0.259 e. The van der Waals surface area contributed by atoms with Crippen molar-refractivity contribution in [3.63, 3.8) is 0 Å². The van der Waals surface area contributed by atoms with Gasteiger partial charge in [0.05, 0.1) is 23.4 Å². The van der Waals surface area contributed by atoms with Crippen molar-refractivity contribution in [2.75, 3.05) is 11.9 Å². The molecule has 25 heavy (non-hydrogen) atoms. The molecule has 0 aliphatic carbocycles. The highest BCUT2D eigenvalue weighted by molar-refractivity contribution is 9.10. The van der Waals surface area contributed by atoms with Crippen LogP contribution in [-0.2, 0) is 0 Å². The van der Waals surface area contributed by atoms with Crippen molar-refractivity contribution < 1.29 is 14.3 Å². The molecule has 0 spiro atoms. The zero-order valence-corrected chi connectivity index (χ0v) is 15.8. The summed E-state index contributed by atoms with van der Waals surface area (Å²) in [5.41, 5.74) is 6.37. The average Bonchev–Trinajstić information content (AvgIpc) is 2.56. The summed E-state index contributed by atoms with van der Waals surface area (Å²) in [5.74, 6) is 0.0428. The SMILES string of the molecule is CC(C)CCOc1ccc(Br)cc1C(=O)Nc1ccccc1C(N)=O. The summed E-state index contributed by atoms with van der Waals surface area (Å²) in [6.45, 7) is 4.75. The first kappa shape index (κ1) is 19.0. The van der Waals surface area contributed by atoms with Gasteiger partial charge in [0.1, 0.15) is 5.75 Å². The van der Waals surface area contributed by atoms with Crippen LogP contribution in [0.2, 0.25) is 0 Å². The molecule has 3 N–H and O–H groups in total. The van der Waals surface area contributed by atoms with E-state index in [1.54, 1.807) is 36.4 Å². The average molecular weight is 405 g/mol. The quantitative estimate of drug-likeness (QED) is 0.724. The number of carbonyl (C=O) groups excluding carboxylic acids is 2. The predicted molar refractivity (Wildman–Crippen MR) is 102 cm³/mol. The van der Waals surface area contributed by atoms with Crippen molar-refractivity contribution in [3.05, 3.63) is 58.1 Å². The van der Waals surface area contributed by atoms with Crippen LogP contribution >= 0.6 is 15.9 Å². The molecule has 0 aliphatic rings. The number of amides is 2. The molecule has 0 saturated heterocycles. The second-order valence-electron chi connectivity index (χ2n) is 6.04. The molecule has 0 fully saturated rings. The molecule has 0 unspecified atom stereocenters. The van der Waals surface area contributed by atoms with Crippen molar-refractivity contribution in [1.82, 2.24) is 0 Å². The maximum absolute atomic E-state index is 12.7. The fourth-order valence-electron chi connectivity index (χ4n) is 2.21. The van der Waals surface area contributed by atoms with E-state index < -0.39 is 5.91 Å². The van der Waals surface area contributed by atoms with Crippen LogP contribution in [0.1, 0.15) is 41.0 Å². The highest BCUT2D eigenvalue weighted by Crippen LogP contribution is 2.25. The summed E-state index contributed by atoms with van der Waals surface area (Å²) >= 11 is 3.37. The van der Waals surface area contributed by atoms with E-state index in [0.717, 1.165) is 10.9 Å². The van der Waals surface area contributed by atoms with E-state index in [9.17, 15) is 9.59 Å². The number of para-hydroxylation sites is 1. The smallest absolute Gasteiger partial charge is 0.259 e. The normalized spacial score (nSPS) is 10.6. The fourth-order valence-corrected chi connectivity index (χ4v) is 2.57. The van der Waals surface area contributed by atoms with E-state index in [-0.39, 0.29) is 11.5 Å². The van der Waals surface area contributed by atoms with Gasteiger partial charge in [-0.05, 0) is 42.7 Å². The van der Waals surface area contributed by atoms with Crippen LogP contribution in [0.4, 0.5) is 5.69 Å². The lowest BCUT2D eigenvalue weighted by molar-refractivity contribution is 0.100. The van der Waals surface area contributed by atoms with Gasteiger partial charge >= 0.3 is 0 Å². The van der Waals surface area contributed by atoms with Gasteiger partial charge in [0, 0.05) is 4.47 Å². The molecule has 0 aromatic heterocycles. The van der Waals surface area contributed by atoms with Crippen LogP contribution in [0.15, 0.2) is 46.9 Å². The Morgan fingerprint density at radius 2 is 1.88 bits per heavy atom. The summed E-state index contributed by atoms with van der Waals surface area (Å²) < 4.78 is 6.53. The van der Waals surface area contributed by atoms with Crippen LogP contribution in [-0.4, -0.2) is 18.4 Å². The monoisotopic (exact) mass is 404 g/mol. The molecule has 6 heteroatoms. The standard InChI is InChI=1S/C19H21BrN2O3/c1-12(2)9-10-25-17-8-7-13(20)11-15(17)19(24)22-16-6-4-3-5-14(16)18(21)23/h3-8,11-12H,9-10H2,1-2H3,(H2,21,23)(H,22,24). The van der Waals surface area contributed by atoms with Crippen LogP contribution < -0.4 is 15.8 Å². The van der Waals surface area contributed by atoms with Gasteiger partial charge in [-0.25, -0.2) is 0 Å². The number of hydrogen-bond donors (Lipinski definition) is 2. The van der Waals surface area contributed by atoms with Gasteiger partial charge in [-0.15, -0.1) is 0 Å². The summed E-state index contributed by atoms with van der Waals surface area (Å²) in [6, 6.07) is 11.9. The first-order valence-electron chi connectivity index (χ1n) is 8.01. The number of primary amides is 1. The Bertz CT molecular complexity index is 775. The topological polar surface area (TPSA) is 81.4 Å². The van der Waals surface area contributed by atoms with Crippen LogP contribution in [0.5, 0.6) is 5.75 Å². The minimum Gasteiger partial charge on any atom is -0.493 e. The molecule has 2 amide bonds. The highest BCUT2D eigenvalue weighted by atomic mass is 79.9. The van der Waals surface area contributed by atoms with Gasteiger partial charge < -0.3 is 15.8 Å². The van der Waals surface area contributed by atoms with Crippen molar-refractivity contribution in [1.29, 1.82) is 0 Å². The number of rotatable bonds is 7. The van der Waals surface area contributed by atoms with Gasteiger partial charge in [-0.1, -0.05) is 41.9 Å². The molecule has 2 aromatic rings. The number of nitrogens with two attached hydrogens (primary N) is 1. The minimum atomic E-state index is -0.599. The molecule has 132 valence electrons. The molecule has 5 nitrogen and oxygen atoms in total. The second kappa shape index (κ2) is 8.67. The predicted octanol–water partition coefficient (Wildman–Crippen LogP) is 4.23.